The van der Waals surface area contributed by atoms with E-state index in [1.54, 1.807) is 11.0 Å². The molecule has 4 rings (SSSR count). The quantitative estimate of drug-likeness (QED) is 0.213. The van der Waals surface area contributed by atoms with E-state index < -0.39 is 5.91 Å². The molecule has 2 aromatic carbocycles. The van der Waals surface area contributed by atoms with Gasteiger partial charge in [0.05, 0.1) is 4.91 Å². The Labute approximate surface area is 211 Å². The van der Waals surface area contributed by atoms with Gasteiger partial charge < -0.3 is 14.6 Å². The second-order valence-electron chi connectivity index (χ2n) is 7.81. The van der Waals surface area contributed by atoms with Crippen molar-refractivity contribution in [1.82, 2.24) is 15.8 Å². The van der Waals surface area contributed by atoms with Gasteiger partial charge in [-0.05, 0) is 60.9 Å². The molecule has 0 unspecified atom stereocenters. The second kappa shape index (κ2) is 11.2. The van der Waals surface area contributed by atoms with E-state index in [-0.39, 0.29) is 30.8 Å². The Morgan fingerprint density at radius 1 is 1.06 bits per heavy atom. The van der Waals surface area contributed by atoms with Crippen LogP contribution in [0.25, 0.3) is 6.08 Å². The zero-order valence-electron chi connectivity index (χ0n) is 18.6. The Balaban J connectivity index is 1.16. The number of nitrogens with zero attached hydrogens (tertiary/aromatic N) is 1. The highest BCUT2D eigenvalue weighted by Crippen LogP contribution is 2.36. The molecule has 9 nitrogen and oxygen atoms in total. The van der Waals surface area contributed by atoms with Crippen LogP contribution in [-0.2, 0) is 9.59 Å². The minimum Gasteiger partial charge on any atom is -0.508 e. The predicted molar refractivity (Wildman–Crippen MR) is 135 cm³/mol. The van der Waals surface area contributed by atoms with Crippen LogP contribution < -0.4 is 20.3 Å². The van der Waals surface area contributed by atoms with E-state index >= 15 is 0 Å². The minimum absolute atomic E-state index is 0.0533. The molecule has 0 spiro atoms. The maximum absolute atomic E-state index is 12.8. The van der Waals surface area contributed by atoms with Crippen molar-refractivity contribution in [1.29, 1.82) is 0 Å². The summed E-state index contributed by atoms with van der Waals surface area (Å²) in [5.74, 6) is 0.474. The molecular formula is C24H23N3O6S2. The summed E-state index contributed by atoms with van der Waals surface area (Å²) < 4.78 is 11.2. The molecule has 0 aromatic heterocycles. The monoisotopic (exact) mass is 513 g/mol. The highest BCUT2D eigenvalue weighted by Gasteiger charge is 2.31. The lowest BCUT2D eigenvalue weighted by Gasteiger charge is -2.14. The zero-order valence-corrected chi connectivity index (χ0v) is 20.2. The molecule has 0 aliphatic carbocycles. The molecule has 3 N–H and O–H groups in total. The summed E-state index contributed by atoms with van der Waals surface area (Å²) in [7, 11) is 0. The Morgan fingerprint density at radius 3 is 2.63 bits per heavy atom. The number of thiocarbonyl (C=S) groups is 1. The number of phenols is 1. The number of phenolic OH excluding ortho intramolecular Hbond substituents is 1. The first-order chi connectivity index (χ1) is 16.9. The number of rotatable bonds is 8. The van der Waals surface area contributed by atoms with Gasteiger partial charge in [-0.25, -0.2) is 0 Å². The van der Waals surface area contributed by atoms with Crippen LogP contribution >= 0.6 is 24.0 Å². The van der Waals surface area contributed by atoms with Crippen LogP contribution in [-0.4, -0.2) is 45.4 Å². The molecule has 35 heavy (non-hydrogen) atoms. The molecular weight excluding hydrogens is 490 g/mol. The number of hydrogen-bond acceptors (Lipinski definition) is 8. The fraction of sp³-hybridized carbons (Fsp3) is 0.250. The van der Waals surface area contributed by atoms with Crippen LogP contribution in [0.15, 0.2) is 47.4 Å². The summed E-state index contributed by atoms with van der Waals surface area (Å²) in [4.78, 5) is 38.8. The number of unbranched alkanes of at least 4 members (excludes halogenated alkanes) is 2. The molecule has 3 amide bonds. The number of nitrogens with one attached hydrogen (secondary N) is 2. The van der Waals surface area contributed by atoms with Crippen molar-refractivity contribution < 1.29 is 29.0 Å². The molecule has 1 fully saturated rings. The summed E-state index contributed by atoms with van der Waals surface area (Å²) in [6.07, 6.45) is 4.04. The number of carbonyl (C=O) groups excluding carboxylic acids is 3. The molecule has 2 aliphatic heterocycles. The molecule has 0 saturated carbocycles. The minimum atomic E-state index is -0.471. The predicted octanol–water partition coefficient (Wildman–Crippen LogP) is 3.34. The first-order valence-electron chi connectivity index (χ1n) is 10.9. The number of amides is 3. The van der Waals surface area contributed by atoms with Crippen LogP contribution in [0.3, 0.4) is 0 Å². The average molecular weight is 514 g/mol. The SMILES string of the molecule is O=C(CCCCCN1C(=O)/C(=C/c2ccc3c(c2)OCO3)SC1=S)NNC(=O)c1ccc(O)cc1. The van der Waals surface area contributed by atoms with Crippen LogP contribution in [0.1, 0.15) is 41.6 Å². The number of hydrogen-bond donors (Lipinski definition) is 3. The Kier molecular flexibility index (Phi) is 7.88. The maximum atomic E-state index is 12.8. The summed E-state index contributed by atoms with van der Waals surface area (Å²) in [5.41, 5.74) is 5.86. The molecule has 0 radical (unpaired) electrons. The summed E-state index contributed by atoms with van der Waals surface area (Å²) in [6, 6.07) is 11.2. The third-order valence-electron chi connectivity index (χ3n) is 5.30. The van der Waals surface area contributed by atoms with E-state index in [1.807, 2.05) is 18.2 Å². The number of thioether (sulfide) groups is 1. The topological polar surface area (TPSA) is 117 Å². The van der Waals surface area contributed by atoms with Gasteiger partial charge in [-0.2, -0.15) is 0 Å². The Bertz CT molecular complexity index is 1180. The van der Waals surface area contributed by atoms with Crippen molar-refractivity contribution in [2.45, 2.75) is 25.7 Å². The zero-order chi connectivity index (χ0) is 24.8. The fourth-order valence-electron chi connectivity index (χ4n) is 3.45. The van der Waals surface area contributed by atoms with Crippen LogP contribution in [0.2, 0.25) is 0 Å². The van der Waals surface area contributed by atoms with Gasteiger partial charge in [-0.1, -0.05) is 36.5 Å². The molecule has 11 heteroatoms. The lowest BCUT2D eigenvalue weighted by Crippen LogP contribution is -2.41. The summed E-state index contributed by atoms with van der Waals surface area (Å²) in [6.45, 7) is 0.666. The van der Waals surface area contributed by atoms with Crippen molar-refractivity contribution in [2.24, 2.45) is 0 Å². The van der Waals surface area contributed by atoms with Crippen LogP contribution in [0.5, 0.6) is 17.2 Å². The van der Waals surface area contributed by atoms with E-state index in [1.165, 1.54) is 36.0 Å². The van der Waals surface area contributed by atoms with Gasteiger partial charge in [0.1, 0.15) is 10.1 Å². The normalized spacial score (nSPS) is 15.5. The standard InChI is InChI=1S/C24H23N3O6S2/c28-17-8-6-16(7-9-17)22(30)26-25-21(29)4-2-1-3-11-27-23(31)20(35-24(27)34)13-15-5-10-18-19(12-15)33-14-32-18/h5-10,12-13,28H,1-4,11,14H2,(H,25,29)(H,26,30)/b20-13-. The van der Waals surface area contributed by atoms with Crippen molar-refractivity contribution in [3.8, 4) is 17.2 Å². The van der Waals surface area contributed by atoms with Gasteiger partial charge in [0.2, 0.25) is 12.7 Å². The van der Waals surface area contributed by atoms with Gasteiger partial charge >= 0.3 is 0 Å². The largest absolute Gasteiger partial charge is 0.508 e. The van der Waals surface area contributed by atoms with E-state index in [0.29, 0.717) is 45.7 Å². The van der Waals surface area contributed by atoms with Crippen molar-refractivity contribution >= 4 is 52.1 Å². The highest BCUT2D eigenvalue weighted by molar-refractivity contribution is 8.26. The van der Waals surface area contributed by atoms with Crippen LogP contribution in [0, 0.1) is 0 Å². The smallest absolute Gasteiger partial charge is 0.269 e. The first-order valence-corrected chi connectivity index (χ1v) is 12.2. The summed E-state index contributed by atoms with van der Waals surface area (Å²) >= 11 is 6.65. The number of aromatic hydroxyl groups is 1. The maximum Gasteiger partial charge on any atom is 0.269 e. The molecule has 2 aromatic rings. The fourth-order valence-corrected chi connectivity index (χ4v) is 4.76. The summed E-state index contributed by atoms with van der Waals surface area (Å²) in [5, 5.41) is 9.25. The third kappa shape index (κ3) is 6.31. The molecule has 0 bridgehead atoms. The van der Waals surface area contributed by atoms with E-state index in [2.05, 4.69) is 10.9 Å². The number of carbonyl (C=O) groups is 3. The van der Waals surface area contributed by atoms with E-state index in [0.717, 1.165) is 12.0 Å². The average Bonchev–Trinajstić information content (AvgIpc) is 3.42. The second-order valence-corrected chi connectivity index (χ2v) is 9.48. The highest BCUT2D eigenvalue weighted by atomic mass is 32.2. The van der Waals surface area contributed by atoms with Crippen molar-refractivity contribution in [3.05, 3.63) is 58.5 Å². The van der Waals surface area contributed by atoms with E-state index in [9.17, 15) is 19.5 Å². The van der Waals surface area contributed by atoms with Crippen molar-refractivity contribution in [3.63, 3.8) is 0 Å². The number of ether oxygens (including phenoxy) is 2. The molecule has 0 atom stereocenters. The lowest BCUT2D eigenvalue weighted by atomic mass is 10.1. The Morgan fingerprint density at radius 2 is 1.83 bits per heavy atom. The van der Waals surface area contributed by atoms with Gasteiger partial charge in [0, 0.05) is 18.5 Å². The van der Waals surface area contributed by atoms with E-state index in [4.69, 9.17) is 21.7 Å². The molecule has 2 aliphatic rings. The number of hydrazine groups is 1. The van der Waals surface area contributed by atoms with Crippen molar-refractivity contribution in [2.75, 3.05) is 13.3 Å². The molecule has 2 heterocycles. The third-order valence-corrected chi connectivity index (χ3v) is 6.68. The lowest BCUT2D eigenvalue weighted by molar-refractivity contribution is -0.123. The molecule has 1 saturated heterocycles. The number of benzene rings is 2. The Hall–Kier alpha value is -3.57. The molecule has 182 valence electrons. The van der Waals surface area contributed by atoms with Gasteiger partial charge in [-0.15, -0.1) is 0 Å². The van der Waals surface area contributed by atoms with Crippen LogP contribution in [0.4, 0.5) is 0 Å². The number of fused-ring (bicyclic) bond motifs is 1. The first kappa shape index (κ1) is 24.6. The van der Waals surface area contributed by atoms with Gasteiger partial charge in [0.25, 0.3) is 11.8 Å². The van der Waals surface area contributed by atoms with Gasteiger partial charge in [0.15, 0.2) is 11.5 Å². The van der Waals surface area contributed by atoms with Gasteiger partial charge in [-0.3, -0.25) is 30.1 Å².